The Hall–Kier alpha value is -3.12. The van der Waals surface area contributed by atoms with Gasteiger partial charge in [-0.15, -0.1) is 0 Å². The summed E-state index contributed by atoms with van der Waals surface area (Å²) in [5.41, 5.74) is 0.168. The molecular weight excluding hydrogens is 402 g/mol. The zero-order valence-corrected chi connectivity index (χ0v) is 18.6. The normalized spacial score (nSPS) is 13.8. The van der Waals surface area contributed by atoms with Gasteiger partial charge in [-0.25, -0.2) is 4.79 Å². The highest BCUT2D eigenvalue weighted by atomic mass is 16.6. The van der Waals surface area contributed by atoms with Gasteiger partial charge in [-0.05, 0) is 39.2 Å². The second-order valence-corrected chi connectivity index (χ2v) is 7.91. The van der Waals surface area contributed by atoms with Crippen LogP contribution in [0.3, 0.4) is 0 Å². The number of hydrogen-bond donors (Lipinski definition) is 2. The van der Waals surface area contributed by atoms with Gasteiger partial charge in [0.25, 0.3) is 0 Å². The summed E-state index contributed by atoms with van der Waals surface area (Å²) in [5, 5.41) is 15.4. The van der Waals surface area contributed by atoms with Crippen LogP contribution in [-0.4, -0.2) is 56.0 Å². The lowest BCUT2D eigenvalue weighted by atomic mass is 9.98. The molecule has 170 valence electrons. The first-order valence-electron chi connectivity index (χ1n) is 9.93. The van der Waals surface area contributed by atoms with Crippen LogP contribution in [0.15, 0.2) is 30.3 Å². The lowest BCUT2D eigenvalue weighted by Gasteiger charge is -2.28. The van der Waals surface area contributed by atoms with Crippen molar-refractivity contribution in [2.75, 3.05) is 14.2 Å². The molecule has 0 bridgehead atoms. The number of alkyl carbamates (subject to hydrolysis) is 1. The third-order valence-electron chi connectivity index (χ3n) is 4.27. The largest absolute Gasteiger partial charge is 0.469 e. The molecule has 0 spiro atoms. The van der Waals surface area contributed by atoms with Gasteiger partial charge in [0.1, 0.15) is 17.7 Å². The van der Waals surface area contributed by atoms with Gasteiger partial charge in [0.05, 0.1) is 26.3 Å². The van der Waals surface area contributed by atoms with E-state index in [1.54, 1.807) is 20.8 Å². The van der Waals surface area contributed by atoms with Gasteiger partial charge in [-0.1, -0.05) is 30.3 Å². The Bertz CT molecular complexity index is 770. The first kappa shape index (κ1) is 25.9. The summed E-state index contributed by atoms with van der Waals surface area (Å²) in [5.74, 6) is -1.11. The van der Waals surface area contributed by atoms with E-state index in [0.717, 1.165) is 5.56 Å². The van der Waals surface area contributed by atoms with Crippen molar-refractivity contribution >= 4 is 18.0 Å². The highest BCUT2D eigenvalue weighted by Gasteiger charge is 2.31. The van der Waals surface area contributed by atoms with Gasteiger partial charge in [-0.2, -0.15) is 5.26 Å². The fourth-order valence-electron chi connectivity index (χ4n) is 2.82. The Morgan fingerprint density at radius 1 is 1.10 bits per heavy atom. The van der Waals surface area contributed by atoms with E-state index in [-0.39, 0.29) is 12.8 Å². The lowest BCUT2D eigenvalue weighted by Crippen LogP contribution is -2.55. The number of nitrogens with zero attached hydrogens (tertiary/aromatic N) is 1. The van der Waals surface area contributed by atoms with E-state index in [0.29, 0.717) is 6.42 Å². The molecule has 9 heteroatoms. The van der Waals surface area contributed by atoms with Gasteiger partial charge < -0.3 is 19.5 Å². The molecule has 0 aliphatic carbocycles. The number of methoxy groups -OCH3 is 2. The molecule has 0 radical (unpaired) electrons. The van der Waals surface area contributed by atoms with Crippen molar-refractivity contribution in [2.24, 2.45) is 0 Å². The summed E-state index contributed by atoms with van der Waals surface area (Å²) < 4.78 is 14.7. The first-order chi connectivity index (χ1) is 14.6. The van der Waals surface area contributed by atoms with Crippen molar-refractivity contribution in [2.45, 2.75) is 63.8 Å². The Morgan fingerprint density at radius 2 is 1.74 bits per heavy atom. The van der Waals surface area contributed by atoms with E-state index >= 15 is 0 Å². The second-order valence-electron chi connectivity index (χ2n) is 7.91. The molecule has 0 aliphatic heterocycles. The monoisotopic (exact) mass is 433 g/mol. The summed E-state index contributed by atoms with van der Waals surface area (Å²) in [6.07, 6.45) is -0.331. The quantitative estimate of drug-likeness (QED) is 0.424. The third kappa shape index (κ3) is 9.96. The molecule has 0 saturated heterocycles. The Balaban J connectivity index is 3.06. The van der Waals surface area contributed by atoms with E-state index < -0.39 is 41.8 Å². The molecule has 1 aromatic carbocycles. The summed E-state index contributed by atoms with van der Waals surface area (Å²) in [6, 6.07) is 8.78. The number of amides is 1. The van der Waals surface area contributed by atoms with Crippen LogP contribution < -0.4 is 10.6 Å². The van der Waals surface area contributed by atoms with Crippen molar-refractivity contribution in [1.82, 2.24) is 10.6 Å². The minimum Gasteiger partial charge on any atom is -0.469 e. The van der Waals surface area contributed by atoms with Crippen LogP contribution >= 0.6 is 0 Å². The topological polar surface area (TPSA) is 127 Å². The molecule has 0 saturated carbocycles. The Labute approximate surface area is 183 Å². The summed E-state index contributed by atoms with van der Waals surface area (Å²) in [7, 11) is 2.47. The van der Waals surface area contributed by atoms with Crippen LogP contribution in [0.5, 0.6) is 0 Å². The number of carbonyl (C=O) groups excluding carboxylic acids is 3. The van der Waals surface area contributed by atoms with Gasteiger partial charge in [-0.3, -0.25) is 14.9 Å². The predicted molar refractivity (Wildman–Crippen MR) is 113 cm³/mol. The molecule has 3 atom stereocenters. The van der Waals surface area contributed by atoms with Crippen molar-refractivity contribution in [3.63, 3.8) is 0 Å². The average Bonchev–Trinajstić information content (AvgIpc) is 2.72. The van der Waals surface area contributed by atoms with Crippen LogP contribution in [-0.2, 0) is 30.2 Å². The molecule has 0 aliphatic rings. The molecule has 0 heterocycles. The van der Waals surface area contributed by atoms with E-state index in [1.807, 2.05) is 30.3 Å². The number of nitriles is 1. The Morgan fingerprint density at radius 3 is 2.26 bits per heavy atom. The summed E-state index contributed by atoms with van der Waals surface area (Å²) >= 11 is 0. The number of carbonyl (C=O) groups is 3. The van der Waals surface area contributed by atoms with Gasteiger partial charge in [0.15, 0.2) is 0 Å². The van der Waals surface area contributed by atoms with Crippen molar-refractivity contribution < 1.29 is 28.6 Å². The molecule has 1 amide bonds. The van der Waals surface area contributed by atoms with Gasteiger partial charge in [0, 0.05) is 6.42 Å². The number of benzene rings is 1. The fourth-order valence-corrected chi connectivity index (χ4v) is 2.82. The zero-order valence-electron chi connectivity index (χ0n) is 18.6. The highest BCUT2D eigenvalue weighted by Crippen LogP contribution is 2.12. The molecule has 0 unspecified atom stereocenters. The molecule has 1 rings (SSSR count). The van der Waals surface area contributed by atoms with Crippen LogP contribution in [0.4, 0.5) is 4.79 Å². The van der Waals surface area contributed by atoms with Gasteiger partial charge in [0.2, 0.25) is 0 Å². The molecule has 0 fully saturated rings. The standard InChI is InChI=1S/C22H31N3O6/c1-22(2,3)31-21(28)25-17(13-15-9-7-6-8-10-15)18(14-23)24-16(20(27)30-5)11-12-19(26)29-4/h6-10,16-18,24H,11-13H2,1-5H3,(H,25,28)/t16-,17-,18-/m0/s1. The summed E-state index contributed by atoms with van der Waals surface area (Å²) in [4.78, 5) is 36.1. The lowest BCUT2D eigenvalue weighted by molar-refractivity contribution is -0.144. The van der Waals surface area contributed by atoms with Crippen molar-refractivity contribution in [1.29, 1.82) is 5.26 Å². The minimum atomic E-state index is -0.963. The predicted octanol–water partition coefficient (Wildman–Crippen LogP) is 2.10. The number of ether oxygens (including phenoxy) is 3. The van der Waals surface area contributed by atoms with Gasteiger partial charge >= 0.3 is 18.0 Å². The van der Waals surface area contributed by atoms with E-state index in [9.17, 15) is 19.6 Å². The number of rotatable bonds is 10. The van der Waals surface area contributed by atoms with Crippen LogP contribution in [0, 0.1) is 11.3 Å². The maximum Gasteiger partial charge on any atom is 0.407 e. The molecule has 9 nitrogen and oxygen atoms in total. The Kier molecular flexibility index (Phi) is 10.5. The molecule has 1 aromatic rings. The molecule has 2 N–H and O–H groups in total. The summed E-state index contributed by atoms with van der Waals surface area (Å²) in [6.45, 7) is 5.21. The van der Waals surface area contributed by atoms with Crippen molar-refractivity contribution in [3.05, 3.63) is 35.9 Å². The smallest absolute Gasteiger partial charge is 0.407 e. The zero-order chi connectivity index (χ0) is 23.4. The molecule has 31 heavy (non-hydrogen) atoms. The minimum absolute atomic E-state index is 0.0374. The maximum atomic E-state index is 12.4. The SMILES string of the molecule is COC(=O)CC[C@H](N[C@@H](C#N)[C@H](Cc1ccccc1)NC(=O)OC(C)(C)C)C(=O)OC. The fraction of sp³-hybridized carbons (Fsp3) is 0.545. The molecule has 0 aromatic heterocycles. The van der Waals surface area contributed by atoms with Crippen LogP contribution in [0.2, 0.25) is 0 Å². The van der Waals surface area contributed by atoms with E-state index in [4.69, 9.17) is 9.47 Å². The van der Waals surface area contributed by atoms with Crippen LogP contribution in [0.1, 0.15) is 39.2 Å². The number of nitrogens with one attached hydrogen (secondary N) is 2. The van der Waals surface area contributed by atoms with Crippen LogP contribution in [0.25, 0.3) is 0 Å². The highest BCUT2D eigenvalue weighted by molar-refractivity contribution is 5.77. The number of esters is 2. The first-order valence-corrected chi connectivity index (χ1v) is 9.93. The third-order valence-corrected chi connectivity index (χ3v) is 4.27. The van der Waals surface area contributed by atoms with E-state index in [1.165, 1.54) is 14.2 Å². The van der Waals surface area contributed by atoms with Crippen molar-refractivity contribution in [3.8, 4) is 6.07 Å². The average molecular weight is 434 g/mol. The molecular formula is C22H31N3O6. The number of hydrogen-bond acceptors (Lipinski definition) is 8. The maximum absolute atomic E-state index is 12.4. The van der Waals surface area contributed by atoms with E-state index in [2.05, 4.69) is 21.4 Å². The second kappa shape index (κ2) is 12.5.